The van der Waals surface area contributed by atoms with Crippen molar-refractivity contribution in [2.45, 2.75) is 19.8 Å². The first-order valence-corrected chi connectivity index (χ1v) is 10.1. The van der Waals surface area contributed by atoms with Crippen molar-refractivity contribution in [1.29, 1.82) is 0 Å². The molecule has 6 heteroatoms. The summed E-state index contributed by atoms with van der Waals surface area (Å²) in [6.07, 6.45) is 3.48. The van der Waals surface area contributed by atoms with Gasteiger partial charge in [-0.15, -0.1) is 0 Å². The summed E-state index contributed by atoms with van der Waals surface area (Å²) < 4.78 is 10.7. The third-order valence-electron chi connectivity index (χ3n) is 5.43. The first-order valence-electron chi connectivity index (χ1n) is 9.70. The van der Waals surface area contributed by atoms with Crippen LogP contribution in [0.1, 0.15) is 40.5 Å². The molecular formula is C24H22ClNO4. The standard InChI is InChI=1S/C24H22ClNO4/c1-13-8-15(10-14-11-18(25)23(30-3)20(12-14)29-2)22-17(9-13)21(24(27)28)16-6-4-5-7-19(16)26-22/h4-7,10-13H,8-9H2,1-3H3,(H,27,28)/b15-10+/t13-/m1/s1. The molecule has 0 fully saturated rings. The number of aromatic nitrogens is 1. The molecule has 0 amide bonds. The number of methoxy groups -OCH3 is 2. The number of carboxylic acid groups (broad SMARTS) is 1. The van der Waals surface area contributed by atoms with Crippen molar-refractivity contribution in [2.75, 3.05) is 14.2 Å². The highest BCUT2D eigenvalue weighted by atomic mass is 35.5. The molecule has 0 unspecified atom stereocenters. The number of carbonyl (C=O) groups is 1. The van der Waals surface area contributed by atoms with E-state index in [0.29, 0.717) is 45.3 Å². The molecule has 1 atom stereocenters. The second kappa shape index (κ2) is 8.00. The maximum Gasteiger partial charge on any atom is 0.336 e. The number of hydrogen-bond acceptors (Lipinski definition) is 4. The van der Waals surface area contributed by atoms with E-state index < -0.39 is 5.97 Å². The number of hydrogen-bond donors (Lipinski definition) is 1. The average molecular weight is 424 g/mol. The second-order valence-corrected chi connectivity index (χ2v) is 7.96. The number of carboxylic acids is 1. The Morgan fingerprint density at radius 1 is 1.20 bits per heavy atom. The van der Waals surface area contributed by atoms with Gasteiger partial charge in [0.05, 0.1) is 36.0 Å². The molecule has 4 rings (SSSR count). The summed E-state index contributed by atoms with van der Waals surface area (Å²) >= 11 is 6.38. The summed E-state index contributed by atoms with van der Waals surface area (Å²) in [5.74, 6) is 0.391. The Balaban J connectivity index is 1.95. The van der Waals surface area contributed by atoms with Crippen LogP contribution < -0.4 is 9.47 Å². The number of allylic oxidation sites excluding steroid dienone is 1. The van der Waals surface area contributed by atoms with Crippen LogP contribution in [0.2, 0.25) is 5.02 Å². The number of pyridine rings is 1. The molecule has 0 aliphatic heterocycles. The first kappa shape index (κ1) is 20.2. The minimum Gasteiger partial charge on any atom is -0.493 e. The van der Waals surface area contributed by atoms with Crippen molar-refractivity contribution in [3.8, 4) is 11.5 Å². The van der Waals surface area contributed by atoms with Crippen LogP contribution in [0.25, 0.3) is 22.6 Å². The van der Waals surface area contributed by atoms with E-state index in [1.165, 1.54) is 0 Å². The zero-order chi connectivity index (χ0) is 21.4. The largest absolute Gasteiger partial charge is 0.493 e. The van der Waals surface area contributed by atoms with Crippen LogP contribution in [0.5, 0.6) is 11.5 Å². The molecule has 3 aromatic rings. The Labute approximate surface area is 179 Å². The lowest BCUT2D eigenvalue weighted by molar-refractivity contribution is 0.0697. The maximum atomic E-state index is 12.2. The van der Waals surface area contributed by atoms with E-state index in [-0.39, 0.29) is 0 Å². The van der Waals surface area contributed by atoms with Gasteiger partial charge in [-0.25, -0.2) is 9.78 Å². The van der Waals surface area contributed by atoms with Crippen molar-refractivity contribution in [1.82, 2.24) is 4.98 Å². The number of halogens is 1. The lowest BCUT2D eigenvalue weighted by atomic mass is 9.80. The number of nitrogens with zero attached hydrogens (tertiary/aromatic N) is 1. The third kappa shape index (κ3) is 3.50. The molecule has 0 radical (unpaired) electrons. The molecule has 5 nitrogen and oxygen atoms in total. The van der Waals surface area contributed by atoms with Crippen LogP contribution in [0, 0.1) is 5.92 Å². The van der Waals surface area contributed by atoms with Crippen molar-refractivity contribution < 1.29 is 19.4 Å². The minimum absolute atomic E-state index is 0.292. The Morgan fingerprint density at radius 2 is 1.97 bits per heavy atom. The van der Waals surface area contributed by atoms with E-state index in [2.05, 4.69) is 6.92 Å². The molecule has 0 bridgehead atoms. The number of fused-ring (bicyclic) bond motifs is 2. The molecule has 0 saturated carbocycles. The number of benzene rings is 2. The van der Waals surface area contributed by atoms with Gasteiger partial charge in [0.1, 0.15) is 0 Å². The lowest BCUT2D eigenvalue weighted by Gasteiger charge is -2.26. The number of ether oxygens (including phenoxy) is 2. The number of para-hydroxylation sites is 1. The summed E-state index contributed by atoms with van der Waals surface area (Å²) in [6.45, 7) is 2.12. The zero-order valence-electron chi connectivity index (χ0n) is 17.0. The highest BCUT2D eigenvalue weighted by Gasteiger charge is 2.28. The predicted molar refractivity (Wildman–Crippen MR) is 119 cm³/mol. The van der Waals surface area contributed by atoms with Gasteiger partial charge < -0.3 is 14.6 Å². The Kier molecular flexibility index (Phi) is 5.39. The van der Waals surface area contributed by atoms with Crippen LogP contribution in [-0.2, 0) is 6.42 Å². The van der Waals surface area contributed by atoms with Gasteiger partial charge in [0.15, 0.2) is 11.5 Å². The van der Waals surface area contributed by atoms with Gasteiger partial charge in [0.2, 0.25) is 0 Å². The summed E-state index contributed by atoms with van der Waals surface area (Å²) in [6, 6.07) is 11.1. The molecule has 1 aliphatic carbocycles. The van der Waals surface area contributed by atoms with Crippen LogP contribution in [0.15, 0.2) is 36.4 Å². The highest BCUT2D eigenvalue weighted by Crippen LogP contribution is 2.41. The van der Waals surface area contributed by atoms with Crippen molar-refractivity contribution in [3.63, 3.8) is 0 Å². The van der Waals surface area contributed by atoms with E-state index in [1.54, 1.807) is 14.2 Å². The van der Waals surface area contributed by atoms with E-state index in [9.17, 15) is 9.90 Å². The predicted octanol–water partition coefficient (Wildman–Crippen LogP) is 5.73. The summed E-state index contributed by atoms with van der Waals surface area (Å²) in [4.78, 5) is 17.0. The van der Waals surface area contributed by atoms with Gasteiger partial charge in [-0.1, -0.05) is 36.7 Å². The Hall–Kier alpha value is -3.05. The zero-order valence-corrected chi connectivity index (χ0v) is 17.8. The smallest absolute Gasteiger partial charge is 0.336 e. The molecule has 154 valence electrons. The molecule has 0 saturated heterocycles. The van der Waals surface area contributed by atoms with Crippen LogP contribution in [0.3, 0.4) is 0 Å². The van der Waals surface area contributed by atoms with Gasteiger partial charge in [-0.2, -0.15) is 0 Å². The Bertz CT molecular complexity index is 1190. The quantitative estimate of drug-likeness (QED) is 0.580. The molecule has 30 heavy (non-hydrogen) atoms. The monoisotopic (exact) mass is 423 g/mol. The van der Waals surface area contributed by atoms with Crippen LogP contribution in [-0.4, -0.2) is 30.3 Å². The van der Waals surface area contributed by atoms with Crippen LogP contribution >= 0.6 is 11.6 Å². The molecule has 1 N–H and O–H groups in total. The second-order valence-electron chi connectivity index (χ2n) is 7.56. The average Bonchev–Trinajstić information content (AvgIpc) is 2.71. The molecular weight excluding hydrogens is 402 g/mol. The molecule has 2 aromatic carbocycles. The van der Waals surface area contributed by atoms with Crippen LogP contribution in [0.4, 0.5) is 0 Å². The van der Waals surface area contributed by atoms with Gasteiger partial charge >= 0.3 is 5.97 Å². The van der Waals surface area contributed by atoms with Gasteiger partial charge in [-0.05, 0) is 59.7 Å². The van der Waals surface area contributed by atoms with Crippen molar-refractivity contribution >= 4 is 40.1 Å². The number of aromatic carboxylic acids is 1. The first-order chi connectivity index (χ1) is 14.4. The molecule has 1 aromatic heterocycles. The summed E-state index contributed by atoms with van der Waals surface area (Å²) in [5, 5.41) is 11.1. The van der Waals surface area contributed by atoms with Crippen molar-refractivity contribution in [2.24, 2.45) is 5.92 Å². The SMILES string of the molecule is COc1cc(/C=C2\C[C@@H](C)Cc3c2nc2ccccc2c3C(=O)O)cc(Cl)c1OC. The van der Waals surface area contributed by atoms with E-state index in [1.807, 2.05) is 42.5 Å². The van der Waals surface area contributed by atoms with E-state index >= 15 is 0 Å². The van der Waals surface area contributed by atoms with Gasteiger partial charge in [-0.3, -0.25) is 0 Å². The van der Waals surface area contributed by atoms with Crippen molar-refractivity contribution in [3.05, 3.63) is 63.8 Å². The number of rotatable bonds is 4. The van der Waals surface area contributed by atoms with E-state index in [4.69, 9.17) is 26.1 Å². The van der Waals surface area contributed by atoms with Gasteiger partial charge in [0.25, 0.3) is 0 Å². The summed E-state index contributed by atoms with van der Waals surface area (Å²) in [7, 11) is 3.11. The maximum absolute atomic E-state index is 12.2. The third-order valence-corrected chi connectivity index (χ3v) is 5.71. The molecule has 1 heterocycles. The van der Waals surface area contributed by atoms with Gasteiger partial charge in [0, 0.05) is 5.39 Å². The van der Waals surface area contributed by atoms with E-state index in [0.717, 1.165) is 28.8 Å². The highest BCUT2D eigenvalue weighted by molar-refractivity contribution is 6.32. The fraction of sp³-hybridized carbons (Fsp3) is 0.250. The Morgan fingerprint density at radius 3 is 2.67 bits per heavy atom. The molecule has 1 aliphatic rings. The molecule has 0 spiro atoms. The minimum atomic E-state index is -0.924. The fourth-order valence-corrected chi connectivity index (χ4v) is 4.50. The normalized spacial score (nSPS) is 17.1. The topological polar surface area (TPSA) is 68.7 Å². The fourth-order valence-electron chi connectivity index (χ4n) is 4.20. The lowest BCUT2D eigenvalue weighted by Crippen LogP contribution is -2.17. The summed E-state index contributed by atoms with van der Waals surface area (Å²) in [5.41, 5.74) is 4.39.